The van der Waals surface area contributed by atoms with E-state index in [4.69, 9.17) is 46.8 Å². The fourth-order valence-electron chi connectivity index (χ4n) is 5.56. The zero-order chi connectivity index (χ0) is 28.3. The van der Waals surface area contributed by atoms with Gasteiger partial charge in [-0.3, -0.25) is 4.90 Å². The van der Waals surface area contributed by atoms with Gasteiger partial charge >= 0.3 is 5.97 Å². The first-order valence-electron chi connectivity index (χ1n) is 14.0. The third-order valence-electron chi connectivity index (χ3n) is 7.97. The molecule has 0 bridgehead atoms. The molecule has 0 N–H and O–H groups in total. The molecular formula is C31H33Cl2N3O5. The predicted molar refractivity (Wildman–Crippen MR) is 157 cm³/mol. The highest BCUT2D eigenvalue weighted by molar-refractivity contribution is 6.35. The predicted octanol–water partition coefficient (Wildman–Crippen LogP) is 6.55. The van der Waals surface area contributed by atoms with Gasteiger partial charge in [0.1, 0.15) is 29.7 Å². The summed E-state index contributed by atoms with van der Waals surface area (Å²) in [5, 5.41) is 1.05. The number of rotatable bonds is 10. The van der Waals surface area contributed by atoms with Gasteiger partial charge in [0, 0.05) is 18.1 Å². The smallest absolute Gasteiger partial charge is 0.337 e. The summed E-state index contributed by atoms with van der Waals surface area (Å²) < 4.78 is 24.8. The van der Waals surface area contributed by atoms with Gasteiger partial charge in [0.2, 0.25) is 0 Å². The number of likely N-dealkylation sites (tertiary alicyclic amines) is 1. The summed E-state index contributed by atoms with van der Waals surface area (Å²) in [5.74, 6) is 3.56. The number of methoxy groups -OCH3 is 1. The second-order valence-electron chi connectivity index (χ2n) is 10.8. The molecule has 2 aromatic heterocycles. The topological polar surface area (TPSA) is 79.0 Å². The SMILES string of the molecule is COC(=O)c1ccc2nc(CN3CCC(Cc4ccc(COc5ccc(Cl)cc5Cl)o4)CC3)n(C[C@@H]3CCO3)c2c1. The third-order valence-corrected chi connectivity index (χ3v) is 8.50. The van der Waals surface area contributed by atoms with Gasteiger partial charge in [-0.15, -0.1) is 0 Å². The van der Waals surface area contributed by atoms with Crippen LogP contribution in [0.2, 0.25) is 10.0 Å². The number of carbonyl (C=O) groups is 1. The van der Waals surface area contributed by atoms with Crippen molar-refractivity contribution in [1.82, 2.24) is 14.5 Å². The number of furan rings is 1. The summed E-state index contributed by atoms with van der Waals surface area (Å²) in [6, 6.07) is 14.8. The van der Waals surface area contributed by atoms with Crippen molar-refractivity contribution in [3.8, 4) is 5.75 Å². The quantitative estimate of drug-likeness (QED) is 0.192. The van der Waals surface area contributed by atoms with E-state index in [9.17, 15) is 4.79 Å². The standard InChI is InChI=1S/C31H33Cl2N3O5/c1-38-31(37)21-2-6-27-28(15-21)36(17-24-10-13-39-24)30(34-27)18-35-11-8-20(9-12-35)14-23-4-5-25(41-23)19-40-29-7-3-22(32)16-26(29)33/h2-7,15-16,20,24H,8-14,17-19H2,1H3/t24-/m0/s1. The molecule has 2 aromatic carbocycles. The van der Waals surface area contributed by atoms with Crippen LogP contribution in [0.4, 0.5) is 0 Å². The van der Waals surface area contributed by atoms with E-state index in [1.807, 2.05) is 24.3 Å². The number of benzene rings is 2. The van der Waals surface area contributed by atoms with Crippen LogP contribution in [-0.2, 0) is 35.6 Å². The van der Waals surface area contributed by atoms with Gasteiger partial charge < -0.3 is 23.2 Å². The van der Waals surface area contributed by atoms with E-state index < -0.39 is 0 Å². The number of aromatic nitrogens is 2. The van der Waals surface area contributed by atoms with Gasteiger partial charge in [-0.1, -0.05) is 23.2 Å². The largest absolute Gasteiger partial charge is 0.484 e. The first-order valence-corrected chi connectivity index (χ1v) is 14.8. The molecule has 2 aliphatic heterocycles. The maximum absolute atomic E-state index is 12.2. The average molecular weight is 599 g/mol. The molecule has 0 aliphatic carbocycles. The zero-order valence-corrected chi connectivity index (χ0v) is 24.5. The highest BCUT2D eigenvalue weighted by Crippen LogP contribution is 2.30. The lowest BCUT2D eigenvalue weighted by Gasteiger charge is -2.32. The molecule has 0 unspecified atom stereocenters. The van der Waals surface area contributed by atoms with Gasteiger partial charge in [0.15, 0.2) is 0 Å². The van der Waals surface area contributed by atoms with Crippen LogP contribution in [0.25, 0.3) is 11.0 Å². The van der Waals surface area contributed by atoms with Crippen molar-refractivity contribution in [1.29, 1.82) is 0 Å². The molecule has 8 nitrogen and oxygen atoms in total. The Balaban J connectivity index is 1.05. The number of ether oxygens (including phenoxy) is 3. The Morgan fingerprint density at radius 2 is 1.85 bits per heavy atom. The number of halogens is 2. The molecular weight excluding hydrogens is 565 g/mol. The van der Waals surface area contributed by atoms with Crippen LogP contribution in [0, 0.1) is 5.92 Å². The highest BCUT2D eigenvalue weighted by atomic mass is 35.5. The molecule has 4 aromatic rings. The zero-order valence-electron chi connectivity index (χ0n) is 23.0. The lowest BCUT2D eigenvalue weighted by Crippen LogP contribution is -2.36. The minimum atomic E-state index is -0.342. The van der Waals surface area contributed by atoms with Crippen LogP contribution in [0.15, 0.2) is 52.9 Å². The lowest BCUT2D eigenvalue weighted by atomic mass is 9.92. The Bertz CT molecular complexity index is 1520. The molecule has 4 heterocycles. The number of hydrogen-bond acceptors (Lipinski definition) is 7. The molecule has 0 radical (unpaired) electrons. The van der Waals surface area contributed by atoms with E-state index >= 15 is 0 Å². The van der Waals surface area contributed by atoms with Gasteiger partial charge in [-0.05, 0) is 86.8 Å². The monoisotopic (exact) mass is 597 g/mol. The summed E-state index contributed by atoms with van der Waals surface area (Å²) in [7, 11) is 1.40. The van der Waals surface area contributed by atoms with Gasteiger partial charge in [-0.25, -0.2) is 9.78 Å². The summed E-state index contributed by atoms with van der Waals surface area (Å²) in [5.41, 5.74) is 2.37. The number of nitrogens with zero attached hydrogens (tertiary/aromatic N) is 3. The van der Waals surface area contributed by atoms with E-state index in [0.717, 1.165) is 86.8 Å². The Morgan fingerprint density at radius 3 is 2.59 bits per heavy atom. The molecule has 2 aliphatic rings. The van der Waals surface area contributed by atoms with E-state index in [-0.39, 0.29) is 12.1 Å². The van der Waals surface area contributed by atoms with Crippen molar-refractivity contribution in [2.75, 3.05) is 26.8 Å². The summed E-state index contributed by atoms with van der Waals surface area (Å²) in [6.45, 7) is 4.60. The number of piperidine rings is 1. The number of fused-ring (bicyclic) bond motifs is 1. The fourth-order valence-corrected chi connectivity index (χ4v) is 6.02. The minimum Gasteiger partial charge on any atom is -0.484 e. The van der Waals surface area contributed by atoms with E-state index in [0.29, 0.717) is 33.9 Å². The molecule has 216 valence electrons. The van der Waals surface area contributed by atoms with Crippen molar-refractivity contribution in [3.05, 3.63) is 81.5 Å². The highest BCUT2D eigenvalue weighted by Gasteiger charge is 2.26. The Morgan fingerprint density at radius 1 is 1.05 bits per heavy atom. The molecule has 1 atom stereocenters. The second-order valence-corrected chi connectivity index (χ2v) is 11.6. The first kappa shape index (κ1) is 28.1. The second kappa shape index (κ2) is 12.4. The van der Waals surface area contributed by atoms with Gasteiger partial charge in [0.05, 0.1) is 47.9 Å². The molecule has 2 fully saturated rings. The maximum atomic E-state index is 12.2. The fraction of sp³-hybridized carbons (Fsp3) is 0.419. The summed E-state index contributed by atoms with van der Waals surface area (Å²) >= 11 is 12.2. The maximum Gasteiger partial charge on any atom is 0.337 e. The molecule has 0 saturated carbocycles. The van der Waals surface area contributed by atoms with Crippen LogP contribution in [0.5, 0.6) is 5.75 Å². The number of imidazole rings is 1. The van der Waals surface area contributed by atoms with Crippen molar-refractivity contribution in [2.45, 2.75) is 51.5 Å². The molecule has 0 amide bonds. The Kier molecular flexibility index (Phi) is 8.53. The van der Waals surface area contributed by atoms with Crippen LogP contribution in [0.3, 0.4) is 0 Å². The van der Waals surface area contributed by atoms with Crippen LogP contribution in [-0.4, -0.2) is 53.3 Å². The number of hydrogen-bond donors (Lipinski definition) is 0. The van der Waals surface area contributed by atoms with Crippen molar-refractivity contribution >= 4 is 40.2 Å². The number of esters is 1. The Labute approximate surface area is 249 Å². The lowest BCUT2D eigenvalue weighted by molar-refractivity contribution is -0.0592. The summed E-state index contributed by atoms with van der Waals surface area (Å²) in [6.07, 6.45) is 4.31. The third kappa shape index (κ3) is 6.56. The van der Waals surface area contributed by atoms with E-state index in [2.05, 4.69) is 9.47 Å². The van der Waals surface area contributed by atoms with Crippen LogP contribution in [0.1, 0.15) is 47.0 Å². The first-order chi connectivity index (χ1) is 19.9. The molecule has 0 spiro atoms. The average Bonchev–Trinajstić information content (AvgIpc) is 3.54. The van der Waals surface area contributed by atoms with Crippen LogP contribution >= 0.6 is 23.2 Å². The molecule has 10 heteroatoms. The van der Waals surface area contributed by atoms with E-state index in [1.165, 1.54) is 7.11 Å². The molecule has 2 saturated heterocycles. The molecule has 6 rings (SSSR count). The normalized spacial score (nSPS) is 18.0. The number of carbonyl (C=O) groups excluding carboxylic acids is 1. The van der Waals surface area contributed by atoms with Crippen molar-refractivity contribution < 1.29 is 23.4 Å². The minimum absolute atomic E-state index is 0.186. The summed E-state index contributed by atoms with van der Waals surface area (Å²) in [4.78, 5) is 19.6. The van der Waals surface area contributed by atoms with Crippen LogP contribution < -0.4 is 4.74 Å². The Hall–Kier alpha value is -3.04. The van der Waals surface area contributed by atoms with Gasteiger partial charge in [-0.2, -0.15) is 0 Å². The van der Waals surface area contributed by atoms with Gasteiger partial charge in [0.25, 0.3) is 0 Å². The van der Waals surface area contributed by atoms with Crippen molar-refractivity contribution in [3.63, 3.8) is 0 Å². The van der Waals surface area contributed by atoms with Crippen molar-refractivity contribution in [2.24, 2.45) is 5.92 Å². The molecule has 41 heavy (non-hydrogen) atoms. The van der Waals surface area contributed by atoms with E-state index in [1.54, 1.807) is 24.3 Å².